The van der Waals surface area contributed by atoms with Gasteiger partial charge in [0, 0.05) is 32.4 Å². The molecule has 1 fully saturated rings. The first kappa shape index (κ1) is 23.9. The van der Waals surface area contributed by atoms with Gasteiger partial charge in [-0.05, 0) is 40.8 Å². The van der Waals surface area contributed by atoms with Crippen molar-refractivity contribution in [1.82, 2.24) is 4.90 Å². The quantitative estimate of drug-likeness (QED) is 0.436. The van der Waals surface area contributed by atoms with Crippen molar-refractivity contribution in [2.45, 2.75) is 51.0 Å². The molecule has 2 aliphatic heterocycles. The minimum Gasteiger partial charge on any atom is -0.455 e. The fraction of sp³-hybridized carbons (Fsp3) is 0.333. The molecule has 1 spiro atoms. The van der Waals surface area contributed by atoms with E-state index in [1.165, 1.54) is 5.56 Å². The Balaban J connectivity index is 1.17. The molecule has 6 heteroatoms. The lowest BCUT2D eigenvalue weighted by Crippen LogP contribution is -2.48. The summed E-state index contributed by atoms with van der Waals surface area (Å²) in [4.78, 5) is 20.9. The third kappa shape index (κ3) is 5.23. The summed E-state index contributed by atoms with van der Waals surface area (Å²) in [6.45, 7) is 7.86. The fourth-order valence-electron chi connectivity index (χ4n) is 4.69. The van der Waals surface area contributed by atoms with E-state index in [1.54, 1.807) is 0 Å². The average Bonchev–Trinajstić information content (AvgIpc) is 3.29. The molecule has 0 bridgehead atoms. The third-order valence-electron chi connectivity index (χ3n) is 6.98. The summed E-state index contributed by atoms with van der Waals surface area (Å²) < 4.78 is 5.99. The second-order valence-corrected chi connectivity index (χ2v) is 10.6. The van der Waals surface area contributed by atoms with E-state index in [2.05, 4.69) is 55.5 Å². The van der Waals surface area contributed by atoms with Crippen LogP contribution in [0.25, 0.3) is 0 Å². The summed E-state index contributed by atoms with van der Waals surface area (Å²) >= 11 is 0. The highest BCUT2D eigenvalue weighted by molar-refractivity contribution is 6.01. The highest BCUT2D eigenvalue weighted by Crippen LogP contribution is 2.37. The van der Waals surface area contributed by atoms with E-state index in [9.17, 15) is 4.79 Å². The Morgan fingerprint density at radius 1 is 0.944 bits per heavy atom. The van der Waals surface area contributed by atoms with Crippen molar-refractivity contribution in [3.05, 3.63) is 90.0 Å². The lowest BCUT2D eigenvalue weighted by Gasteiger charge is -2.37. The van der Waals surface area contributed by atoms with Crippen LogP contribution in [0.15, 0.2) is 84.0 Å². The summed E-state index contributed by atoms with van der Waals surface area (Å²) in [5.74, 6) is 1.33. The Labute approximate surface area is 212 Å². The van der Waals surface area contributed by atoms with Gasteiger partial charge in [-0.25, -0.2) is 4.79 Å². The molecule has 2 heterocycles. The van der Waals surface area contributed by atoms with Crippen molar-refractivity contribution < 1.29 is 14.4 Å². The van der Waals surface area contributed by atoms with E-state index in [4.69, 9.17) is 9.57 Å². The zero-order valence-electron chi connectivity index (χ0n) is 21.2. The number of hydrogen-bond donors (Lipinski definition) is 1. The van der Waals surface area contributed by atoms with Gasteiger partial charge in [0.05, 0.1) is 11.4 Å². The van der Waals surface area contributed by atoms with E-state index in [0.717, 1.165) is 36.3 Å². The Morgan fingerprint density at radius 3 is 2.31 bits per heavy atom. The molecule has 5 rings (SSSR count). The van der Waals surface area contributed by atoms with Crippen molar-refractivity contribution in [2.24, 2.45) is 5.16 Å². The standard InChI is InChI=1S/C30H33N3O3/c1-29(2,3)23-15-13-22(14-16-23)26-21-30(36-32-26)17-19-33(20-18-30)28(34)31-25-11-7-8-12-27(25)35-24-9-5-4-6-10-24/h4-16H,17-21H2,1-3H3,(H,31,34). The second kappa shape index (κ2) is 9.69. The van der Waals surface area contributed by atoms with Crippen molar-refractivity contribution in [3.63, 3.8) is 0 Å². The van der Waals surface area contributed by atoms with E-state index in [-0.39, 0.29) is 17.0 Å². The molecular formula is C30H33N3O3. The summed E-state index contributed by atoms with van der Waals surface area (Å²) in [5, 5.41) is 7.47. The molecular weight excluding hydrogens is 450 g/mol. The van der Waals surface area contributed by atoms with Gasteiger partial charge in [0.15, 0.2) is 5.75 Å². The number of anilines is 1. The largest absolute Gasteiger partial charge is 0.455 e. The average molecular weight is 484 g/mol. The summed E-state index contributed by atoms with van der Waals surface area (Å²) in [7, 11) is 0. The maximum atomic E-state index is 13.1. The molecule has 36 heavy (non-hydrogen) atoms. The fourth-order valence-corrected chi connectivity index (χ4v) is 4.69. The number of carbonyl (C=O) groups excluding carboxylic acids is 1. The van der Waals surface area contributed by atoms with E-state index in [0.29, 0.717) is 24.5 Å². The van der Waals surface area contributed by atoms with Crippen molar-refractivity contribution in [3.8, 4) is 11.5 Å². The predicted octanol–water partition coefficient (Wildman–Crippen LogP) is 6.97. The SMILES string of the molecule is CC(C)(C)c1ccc(C2=NOC3(CCN(C(=O)Nc4ccccc4Oc4ccccc4)CC3)C2)cc1. The van der Waals surface area contributed by atoms with Crippen LogP contribution in [-0.2, 0) is 10.3 Å². The molecule has 1 saturated heterocycles. The Bertz CT molecular complexity index is 1240. The maximum Gasteiger partial charge on any atom is 0.321 e. The monoisotopic (exact) mass is 483 g/mol. The number of amides is 2. The molecule has 2 amide bonds. The highest BCUT2D eigenvalue weighted by atomic mass is 16.7. The molecule has 186 valence electrons. The van der Waals surface area contributed by atoms with Crippen molar-refractivity contribution in [2.75, 3.05) is 18.4 Å². The molecule has 0 aromatic heterocycles. The first-order valence-corrected chi connectivity index (χ1v) is 12.6. The minimum absolute atomic E-state index is 0.120. The van der Waals surface area contributed by atoms with Crippen LogP contribution >= 0.6 is 0 Å². The van der Waals surface area contributed by atoms with Crippen LogP contribution in [0.2, 0.25) is 0 Å². The number of hydrogen-bond acceptors (Lipinski definition) is 4. The predicted molar refractivity (Wildman–Crippen MR) is 143 cm³/mol. The van der Waals surface area contributed by atoms with Gasteiger partial charge in [-0.2, -0.15) is 0 Å². The Kier molecular flexibility index (Phi) is 6.44. The lowest BCUT2D eigenvalue weighted by molar-refractivity contribution is -0.0544. The van der Waals surface area contributed by atoms with Crippen LogP contribution in [0.3, 0.4) is 0 Å². The first-order valence-electron chi connectivity index (χ1n) is 12.6. The summed E-state index contributed by atoms with van der Waals surface area (Å²) in [6.07, 6.45) is 2.26. The van der Waals surface area contributed by atoms with Crippen LogP contribution in [0.1, 0.15) is 51.2 Å². The minimum atomic E-state index is -0.330. The van der Waals surface area contributed by atoms with Gasteiger partial charge >= 0.3 is 6.03 Å². The van der Waals surface area contributed by atoms with Crippen LogP contribution in [0.4, 0.5) is 10.5 Å². The smallest absolute Gasteiger partial charge is 0.321 e. The molecule has 1 N–H and O–H groups in total. The molecule has 0 unspecified atom stereocenters. The topological polar surface area (TPSA) is 63.2 Å². The van der Waals surface area contributed by atoms with Crippen LogP contribution < -0.4 is 10.1 Å². The first-order chi connectivity index (χ1) is 17.3. The van der Waals surface area contributed by atoms with Gasteiger partial charge in [0.2, 0.25) is 0 Å². The number of urea groups is 1. The molecule has 0 radical (unpaired) electrons. The number of benzene rings is 3. The number of carbonyl (C=O) groups is 1. The van der Waals surface area contributed by atoms with Crippen LogP contribution in [0, 0.1) is 0 Å². The van der Waals surface area contributed by atoms with Gasteiger partial charge < -0.3 is 19.8 Å². The number of oxime groups is 1. The maximum absolute atomic E-state index is 13.1. The number of para-hydroxylation sites is 3. The van der Waals surface area contributed by atoms with Gasteiger partial charge in [0.1, 0.15) is 11.4 Å². The van der Waals surface area contributed by atoms with Gasteiger partial charge in [-0.3, -0.25) is 0 Å². The van der Waals surface area contributed by atoms with E-state index >= 15 is 0 Å². The number of nitrogens with one attached hydrogen (secondary N) is 1. The molecule has 3 aromatic carbocycles. The highest BCUT2D eigenvalue weighted by Gasteiger charge is 2.43. The number of likely N-dealkylation sites (tertiary alicyclic amines) is 1. The summed E-state index contributed by atoms with van der Waals surface area (Å²) in [5.41, 5.74) is 3.83. The summed E-state index contributed by atoms with van der Waals surface area (Å²) in [6, 6.07) is 25.5. The number of ether oxygens (including phenoxy) is 1. The van der Waals surface area contributed by atoms with Gasteiger partial charge in [0.25, 0.3) is 0 Å². The second-order valence-electron chi connectivity index (χ2n) is 10.6. The molecule has 3 aromatic rings. The van der Waals surface area contributed by atoms with Crippen LogP contribution in [0.5, 0.6) is 11.5 Å². The van der Waals surface area contributed by atoms with E-state index in [1.807, 2.05) is 59.5 Å². The number of rotatable bonds is 4. The Hall–Kier alpha value is -3.80. The molecule has 2 aliphatic rings. The number of piperidine rings is 1. The van der Waals surface area contributed by atoms with Crippen molar-refractivity contribution in [1.29, 1.82) is 0 Å². The van der Waals surface area contributed by atoms with Crippen molar-refractivity contribution >= 4 is 17.4 Å². The lowest BCUT2D eigenvalue weighted by atomic mass is 9.84. The van der Waals surface area contributed by atoms with Gasteiger partial charge in [-0.15, -0.1) is 0 Å². The van der Waals surface area contributed by atoms with E-state index < -0.39 is 0 Å². The molecule has 0 aliphatic carbocycles. The van der Waals surface area contributed by atoms with Crippen LogP contribution in [-0.4, -0.2) is 35.3 Å². The zero-order valence-corrected chi connectivity index (χ0v) is 21.2. The molecule has 6 nitrogen and oxygen atoms in total. The third-order valence-corrected chi connectivity index (χ3v) is 6.98. The molecule has 0 atom stereocenters. The number of nitrogens with zero attached hydrogens (tertiary/aromatic N) is 2. The molecule has 0 saturated carbocycles. The zero-order chi connectivity index (χ0) is 25.2. The van der Waals surface area contributed by atoms with Gasteiger partial charge in [-0.1, -0.05) is 80.5 Å². The Morgan fingerprint density at radius 2 is 1.61 bits per heavy atom. The normalized spacial score (nSPS) is 16.9.